The van der Waals surface area contributed by atoms with Crippen molar-refractivity contribution in [1.29, 1.82) is 0 Å². The zero-order chi connectivity index (χ0) is 21.1. The molecule has 0 radical (unpaired) electrons. The maximum atomic E-state index is 13.3. The Morgan fingerprint density at radius 3 is 2.55 bits per heavy atom. The highest BCUT2D eigenvalue weighted by molar-refractivity contribution is 6.63. The summed E-state index contributed by atoms with van der Waals surface area (Å²) >= 11 is 6.60. The summed E-state index contributed by atoms with van der Waals surface area (Å²) in [6.45, 7) is 10.5. The van der Waals surface area contributed by atoms with Crippen molar-refractivity contribution in [1.82, 2.24) is 9.55 Å². The summed E-state index contributed by atoms with van der Waals surface area (Å²) in [5.41, 5.74) is 0.659. The Hall–Kier alpha value is -1.45. The van der Waals surface area contributed by atoms with Gasteiger partial charge < -0.3 is 19.2 Å². The van der Waals surface area contributed by atoms with Gasteiger partial charge in [-0.15, -0.1) is 0 Å². The molecule has 0 bridgehead atoms. The number of fused-ring (bicyclic) bond motifs is 1. The van der Waals surface area contributed by atoms with Gasteiger partial charge in [-0.05, 0) is 58.1 Å². The highest BCUT2D eigenvalue weighted by Crippen LogP contribution is 2.37. The van der Waals surface area contributed by atoms with Gasteiger partial charge in [-0.3, -0.25) is 9.36 Å². The van der Waals surface area contributed by atoms with Gasteiger partial charge in [0.25, 0.3) is 5.56 Å². The first-order chi connectivity index (χ1) is 13.5. The van der Waals surface area contributed by atoms with Crippen molar-refractivity contribution in [2.24, 2.45) is 0 Å². The summed E-state index contributed by atoms with van der Waals surface area (Å²) in [6, 6.07) is 1.38. The summed E-state index contributed by atoms with van der Waals surface area (Å²) in [5, 5.41) is 11.1. The molecule has 0 saturated carbocycles. The highest BCUT2D eigenvalue weighted by atomic mass is 35.5. The third kappa shape index (κ3) is 3.31. The van der Waals surface area contributed by atoms with E-state index in [1.807, 2.05) is 34.6 Å². The summed E-state index contributed by atoms with van der Waals surface area (Å²) in [5.74, 6) is 0. The van der Waals surface area contributed by atoms with E-state index in [0.717, 1.165) is 5.56 Å². The van der Waals surface area contributed by atoms with Crippen LogP contribution in [0, 0.1) is 6.92 Å². The van der Waals surface area contributed by atoms with Crippen molar-refractivity contribution in [3.05, 3.63) is 33.3 Å². The number of aliphatic hydroxyl groups is 1. The lowest BCUT2D eigenvalue weighted by molar-refractivity contribution is -0.0395. The molecule has 2 aliphatic heterocycles. The number of nitrogens with zero attached hydrogens (tertiary/aromatic N) is 2. The Labute approximate surface area is 175 Å². The van der Waals surface area contributed by atoms with Gasteiger partial charge in [0.05, 0.1) is 52.2 Å². The smallest absolute Gasteiger partial charge is 0.399 e. The fraction of sp³-hybridized carbons (Fsp3) is 0.600. The molecule has 2 aliphatic rings. The normalized spacial score (nSPS) is 26.2. The van der Waals surface area contributed by atoms with E-state index in [9.17, 15) is 9.90 Å². The first kappa shape index (κ1) is 20.8. The van der Waals surface area contributed by atoms with Gasteiger partial charge in [0.15, 0.2) is 0 Å². The SMILES string of the molecule is Cc1c(B2OC(C)(C)C(C)(C)O2)cc2c(=O)n([C@H]3CCOC[C@@H]3O)cnc2c1Cl. The van der Waals surface area contributed by atoms with Gasteiger partial charge in [0, 0.05) is 6.61 Å². The van der Waals surface area contributed by atoms with Crippen LogP contribution in [0.1, 0.15) is 45.7 Å². The number of rotatable bonds is 2. The highest BCUT2D eigenvalue weighted by Gasteiger charge is 2.52. The molecule has 7 nitrogen and oxygen atoms in total. The van der Waals surface area contributed by atoms with Crippen LogP contribution < -0.4 is 11.0 Å². The molecule has 2 fully saturated rings. The maximum absolute atomic E-state index is 13.3. The van der Waals surface area contributed by atoms with Gasteiger partial charge in [0.1, 0.15) is 0 Å². The molecule has 2 atom stereocenters. The minimum Gasteiger partial charge on any atom is -0.399 e. The van der Waals surface area contributed by atoms with E-state index in [1.54, 1.807) is 6.07 Å². The van der Waals surface area contributed by atoms with E-state index in [4.69, 9.17) is 25.6 Å². The monoisotopic (exact) mass is 420 g/mol. The summed E-state index contributed by atoms with van der Waals surface area (Å²) < 4.78 is 19.1. The maximum Gasteiger partial charge on any atom is 0.495 e. The van der Waals surface area contributed by atoms with Gasteiger partial charge in [-0.25, -0.2) is 4.98 Å². The molecule has 0 unspecified atom stereocenters. The van der Waals surface area contributed by atoms with E-state index in [1.165, 1.54) is 10.9 Å². The van der Waals surface area contributed by atoms with Crippen LogP contribution in [0.2, 0.25) is 5.02 Å². The summed E-state index contributed by atoms with van der Waals surface area (Å²) in [6.07, 6.45) is 1.24. The van der Waals surface area contributed by atoms with Crippen molar-refractivity contribution in [3.63, 3.8) is 0 Å². The van der Waals surface area contributed by atoms with Crippen molar-refractivity contribution in [2.45, 2.75) is 64.4 Å². The largest absolute Gasteiger partial charge is 0.495 e. The average molecular weight is 421 g/mol. The molecule has 4 rings (SSSR count). The van der Waals surface area contributed by atoms with Crippen molar-refractivity contribution in [2.75, 3.05) is 13.2 Å². The standard InChI is InChI=1S/C20H26BClN2O5/c1-11-13(21-28-19(2,3)20(4,5)29-21)8-12-17(16(11)22)23-10-24(18(12)26)14-6-7-27-9-15(14)25/h8,10,14-15,25H,6-7,9H2,1-5H3/t14-,15-/m0/s1. The lowest BCUT2D eigenvalue weighted by atomic mass is 9.75. The zero-order valence-corrected chi connectivity index (χ0v) is 18.1. The third-order valence-corrected chi connectivity index (χ3v) is 6.92. The Bertz CT molecular complexity index is 1010. The third-order valence-electron chi connectivity index (χ3n) is 6.46. The number of aromatic nitrogens is 2. The van der Waals surface area contributed by atoms with E-state index in [0.29, 0.717) is 34.4 Å². The molecule has 2 saturated heterocycles. The number of hydrogen-bond donors (Lipinski definition) is 1. The second kappa shape index (κ2) is 7.06. The van der Waals surface area contributed by atoms with E-state index < -0.39 is 24.4 Å². The molecule has 0 amide bonds. The molecule has 2 aromatic rings. The fourth-order valence-corrected chi connectivity index (χ4v) is 4.10. The Balaban J connectivity index is 1.85. The minimum atomic E-state index is -0.760. The van der Waals surface area contributed by atoms with Crippen LogP contribution in [-0.2, 0) is 14.0 Å². The van der Waals surface area contributed by atoms with Crippen molar-refractivity contribution in [3.8, 4) is 0 Å². The molecular formula is C20H26BClN2O5. The second-order valence-electron chi connectivity index (χ2n) is 8.84. The molecule has 3 heterocycles. The Kier molecular flexibility index (Phi) is 5.07. The fourth-order valence-electron chi connectivity index (χ4n) is 3.84. The van der Waals surface area contributed by atoms with Crippen LogP contribution >= 0.6 is 11.6 Å². The van der Waals surface area contributed by atoms with E-state index >= 15 is 0 Å². The lowest BCUT2D eigenvalue weighted by Crippen LogP contribution is -2.41. The number of hydrogen-bond acceptors (Lipinski definition) is 6. The van der Waals surface area contributed by atoms with Crippen molar-refractivity contribution < 1.29 is 19.2 Å². The lowest BCUT2D eigenvalue weighted by Gasteiger charge is -2.32. The number of aliphatic hydroxyl groups excluding tert-OH is 1. The second-order valence-corrected chi connectivity index (χ2v) is 9.22. The van der Waals surface area contributed by atoms with E-state index in [2.05, 4.69) is 4.98 Å². The van der Waals surface area contributed by atoms with Crippen LogP contribution in [0.4, 0.5) is 0 Å². The van der Waals surface area contributed by atoms with Crippen molar-refractivity contribution >= 4 is 35.1 Å². The van der Waals surface area contributed by atoms with Gasteiger partial charge in [0.2, 0.25) is 0 Å². The van der Waals surface area contributed by atoms with Crippen LogP contribution in [-0.4, -0.2) is 52.3 Å². The number of benzene rings is 1. The minimum absolute atomic E-state index is 0.197. The van der Waals surface area contributed by atoms with Gasteiger partial charge in [-0.2, -0.15) is 0 Å². The van der Waals surface area contributed by atoms with Gasteiger partial charge in [-0.1, -0.05) is 11.6 Å². The predicted octanol–water partition coefficient (Wildman–Crippen LogP) is 1.98. The molecular weight excluding hydrogens is 394 g/mol. The van der Waals surface area contributed by atoms with Crippen LogP contribution in [0.5, 0.6) is 0 Å². The molecule has 1 N–H and O–H groups in total. The number of ether oxygens (including phenoxy) is 1. The molecule has 1 aromatic carbocycles. The van der Waals surface area contributed by atoms with E-state index in [-0.39, 0.29) is 18.2 Å². The molecule has 156 valence electrons. The predicted molar refractivity (Wildman–Crippen MR) is 112 cm³/mol. The molecule has 0 spiro atoms. The number of halogens is 1. The summed E-state index contributed by atoms with van der Waals surface area (Å²) in [4.78, 5) is 17.7. The van der Waals surface area contributed by atoms with Crippen LogP contribution in [0.15, 0.2) is 17.2 Å². The first-order valence-electron chi connectivity index (χ1n) is 9.85. The summed E-state index contributed by atoms with van der Waals surface area (Å²) in [7, 11) is -0.636. The average Bonchev–Trinajstić information content (AvgIpc) is 2.86. The molecule has 0 aliphatic carbocycles. The van der Waals surface area contributed by atoms with Crippen LogP contribution in [0.25, 0.3) is 10.9 Å². The zero-order valence-electron chi connectivity index (χ0n) is 17.4. The van der Waals surface area contributed by atoms with Crippen LogP contribution in [0.3, 0.4) is 0 Å². The Morgan fingerprint density at radius 2 is 1.93 bits per heavy atom. The molecule has 1 aromatic heterocycles. The Morgan fingerprint density at radius 1 is 1.28 bits per heavy atom. The molecule has 29 heavy (non-hydrogen) atoms. The van der Waals surface area contributed by atoms with Gasteiger partial charge >= 0.3 is 7.12 Å². The first-order valence-corrected chi connectivity index (χ1v) is 10.2. The molecule has 9 heteroatoms. The quantitative estimate of drug-likeness (QED) is 0.748. The topological polar surface area (TPSA) is 82.8 Å².